The van der Waals surface area contributed by atoms with Crippen LogP contribution in [0.4, 0.5) is 15.8 Å². The van der Waals surface area contributed by atoms with Crippen LogP contribution in [0.15, 0.2) is 42.5 Å². The van der Waals surface area contributed by atoms with Crippen LogP contribution < -0.4 is 10.1 Å². The maximum Gasteiger partial charge on any atom is 0.339 e. The van der Waals surface area contributed by atoms with Gasteiger partial charge in [-0.1, -0.05) is 0 Å². The van der Waals surface area contributed by atoms with Crippen LogP contribution in [0.3, 0.4) is 0 Å². The van der Waals surface area contributed by atoms with Crippen molar-refractivity contribution >= 4 is 23.3 Å². The van der Waals surface area contributed by atoms with Crippen LogP contribution >= 0.6 is 0 Å². The number of hydrogen-bond donors (Lipinski definition) is 1. The van der Waals surface area contributed by atoms with Crippen molar-refractivity contribution in [3.63, 3.8) is 0 Å². The van der Waals surface area contributed by atoms with Crippen molar-refractivity contribution in [3.05, 3.63) is 64.0 Å². The van der Waals surface area contributed by atoms with Gasteiger partial charge in [-0.15, -0.1) is 0 Å². The second-order valence-electron chi connectivity index (χ2n) is 5.19. The van der Waals surface area contributed by atoms with E-state index in [2.05, 4.69) is 5.32 Å². The van der Waals surface area contributed by atoms with Crippen molar-refractivity contribution in [2.24, 2.45) is 0 Å². The van der Waals surface area contributed by atoms with E-state index in [-0.39, 0.29) is 11.3 Å². The third-order valence-corrected chi connectivity index (χ3v) is 3.38. The Balaban J connectivity index is 2.06. The maximum absolute atomic E-state index is 12.8. The number of carbonyl (C=O) groups excluding carboxylic acids is 2. The number of nitrogens with zero attached hydrogens (tertiary/aromatic N) is 1. The number of amides is 1. The lowest BCUT2D eigenvalue weighted by Gasteiger charge is -2.13. The van der Waals surface area contributed by atoms with Gasteiger partial charge in [0.25, 0.3) is 5.91 Å². The Morgan fingerprint density at radius 1 is 1.19 bits per heavy atom. The molecule has 26 heavy (non-hydrogen) atoms. The summed E-state index contributed by atoms with van der Waals surface area (Å²) in [7, 11) is 1.27. The Hall–Kier alpha value is -3.49. The molecule has 0 aromatic heterocycles. The summed E-state index contributed by atoms with van der Waals surface area (Å²) in [6, 6.07) is 8.61. The highest BCUT2D eigenvalue weighted by molar-refractivity contribution is 5.97. The number of anilines is 1. The van der Waals surface area contributed by atoms with Gasteiger partial charge in [0.15, 0.2) is 11.9 Å². The Morgan fingerprint density at radius 2 is 1.85 bits per heavy atom. The molecule has 0 aliphatic rings. The Morgan fingerprint density at radius 3 is 2.42 bits per heavy atom. The van der Waals surface area contributed by atoms with E-state index in [1.807, 2.05) is 0 Å². The van der Waals surface area contributed by atoms with Gasteiger partial charge in [0.1, 0.15) is 5.82 Å². The number of rotatable bonds is 6. The van der Waals surface area contributed by atoms with E-state index < -0.39 is 34.4 Å². The summed E-state index contributed by atoms with van der Waals surface area (Å²) < 4.78 is 22.7. The molecule has 1 atom stereocenters. The lowest BCUT2D eigenvalue weighted by atomic mass is 10.2. The highest BCUT2D eigenvalue weighted by atomic mass is 19.1. The number of nitro benzene ring substituents is 1. The first-order chi connectivity index (χ1) is 12.3. The number of carbonyl (C=O) groups is 2. The average molecular weight is 362 g/mol. The summed E-state index contributed by atoms with van der Waals surface area (Å²) in [6.45, 7) is 1.34. The first-order valence-corrected chi connectivity index (χ1v) is 7.41. The number of hydrogen-bond acceptors (Lipinski definition) is 6. The largest absolute Gasteiger partial charge is 0.490 e. The van der Waals surface area contributed by atoms with Crippen LogP contribution in [0.5, 0.6) is 5.75 Å². The second kappa shape index (κ2) is 8.06. The van der Waals surface area contributed by atoms with E-state index in [0.717, 1.165) is 6.07 Å². The van der Waals surface area contributed by atoms with Gasteiger partial charge in [0, 0.05) is 11.8 Å². The Labute approximate surface area is 147 Å². The van der Waals surface area contributed by atoms with Gasteiger partial charge < -0.3 is 14.8 Å². The van der Waals surface area contributed by atoms with E-state index >= 15 is 0 Å². The number of halogens is 1. The molecule has 0 bridgehead atoms. The molecule has 0 radical (unpaired) electrons. The van der Waals surface area contributed by atoms with E-state index in [9.17, 15) is 24.1 Å². The van der Waals surface area contributed by atoms with Gasteiger partial charge in [0.05, 0.1) is 17.6 Å². The van der Waals surface area contributed by atoms with Gasteiger partial charge in [-0.25, -0.2) is 9.18 Å². The molecular formula is C17H15FN2O6. The van der Waals surface area contributed by atoms with Crippen molar-refractivity contribution in [2.75, 3.05) is 12.4 Å². The SMILES string of the molecule is COc1ccc(C(=O)O[C@H](C)C(=O)Nc2ccc(F)cc2)cc1[N+](=O)[O-]. The van der Waals surface area contributed by atoms with Crippen molar-refractivity contribution in [3.8, 4) is 5.75 Å². The molecule has 2 aromatic rings. The molecule has 0 aliphatic heterocycles. The topological polar surface area (TPSA) is 108 Å². The number of ether oxygens (including phenoxy) is 2. The number of nitrogens with one attached hydrogen (secondary N) is 1. The molecule has 0 fully saturated rings. The van der Waals surface area contributed by atoms with Gasteiger partial charge in [-0.2, -0.15) is 0 Å². The van der Waals surface area contributed by atoms with Gasteiger partial charge in [-0.3, -0.25) is 14.9 Å². The maximum atomic E-state index is 12.8. The molecule has 2 aromatic carbocycles. The highest BCUT2D eigenvalue weighted by Gasteiger charge is 2.22. The zero-order valence-electron chi connectivity index (χ0n) is 13.9. The summed E-state index contributed by atoms with van der Waals surface area (Å²) in [5, 5.41) is 13.5. The smallest absolute Gasteiger partial charge is 0.339 e. The molecule has 8 nitrogen and oxygen atoms in total. The van der Waals surface area contributed by atoms with Crippen molar-refractivity contribution < 1.29 is 28.4 Å². The number of benzene rings is 2. The molecule has 1 N–H and O–H groups in total. The molecular weight excluding hydrogens is 347 g/mol. The van der Waals surface area contributed by atoms with E-state index in [1.165, 1.54) is 50.4 Å². The fraction of sp³-hybridized carbons (Fsp3) is 0.176. The van der Waals surface area contributed by atoms with Crippen molar-refractivity contribution in [2.45, 2.75) is 13.0 Å². The first kappa shape index (κ1) is 18.8. The minimum Gasteiger partial charge on any atom is -0.490 e. The van der Waals surface area contributed by atoms with Crippen LogP contribution in [-0.4, -0.2) is 30.0 Å². The van der Waals surface area contributed by atoms with Crippen LogP contribution in [0.25, 0.3) is 0 Å². The van der Waals surface area contributed by atoms with Crippen LogP contribution in [0, 0.1) is 15.9 Å². The van der Waals surface area contributed by atoms with E-state index in [1.54, 1.807) is 0 Å². The molecule has 0 spiro atoms. The molecule has 0 saturated carbocycles. The van der Waals surface area contributed by atoms with Gasteiger partial charge in [0.2, 0.25) is 0 Å². The minimum absolute atomic E-state index is 0.00588. The second-order valence-corrected chi connectivity index (χ2v) is 5.19. The molecule has 0 heterocycles. The van der Waals surface area contributed by atoms with Gasteiger partial charge >= 0.3 is 11.7 Å². The zero-order chi connectivity index (χ0) is 19.3. The molecule has 2 rings (SSSR count). The fourth-order valence-corrected chi connectivity index (χ4v) is 2.02. The van der Waals surface area contributed by atoms with Crippen molar-refractivity contribution in [1.29, 1.82) is 0 Å². The van der Waals surface area contributed by atoms with E-state index in [0.29, 0.717) is 5.69 Å². The summed E-state index contributed by atoms with van der Waals surface area (Å²) >= 11 is 0. The summed E-state index contributed by atoms with van der Waals surface area (Å²) in [5.41, 5.74) is -0.163. The third kappa shape index (κ3) is 4.53. The Bertz CT molecular complexity index is 838. The number of esters is 1. The van der Waals surface area contributed by atoms with Gasteiger partial charge in [-0.05, 0) is 43.3 Å². The summed E-state index contributed by atoms with van der Waals surface area (Å²) in [4.78, 5) is 34.4. The predicted molar refractivity (Wildman–Crippen MR) is 89.6 cm³/mol. The highest BCUT2D eigenvalue weighted by Crippen LogP contribution is 2.27. The Kier molecular flexibility index (Phi) is 5.84. The fourth-order valence-electron chi connectivity index (χ4n) is 2.02. The molecule has 136 valence electrons. The minimum atomic E-state index is -1.17. The monoisotopic (exact) mass is 362 g/mol. The molecule has 0 unspecified atom stereocenters. The lowest BCUT2D eigenvalue weighted by Crippen LogP contribution is -2.30. The molecule has 0 saturated heterocycles. The van der Waals surface area contributed by atoms with E-state index in [4.69, 9.17) is 9.47 Å². The van der Waals surface area contributed by atoms with Crippen LogP contribution in [0.1, 0.15) is 17.3 Å². The number of nitro groups is 1. The quantitative estimate of drug-likeness (QED) is 0.481. The third-order valence-electron chi connectivity index (χ3n) is 3.38. The zero-order valence-corrected chi connectivity index (χ0v) is 13.9. The number of methoxy groups -OCH3 is 1. The normalized spacial score (nSPS) is 11.3. The average Bonchev–Trinajstić information content (AvgIpc) is 2.62. The van der Waals surface area contributed by atoms with Crippen molar-refractivity contribution in [1.82, 2.24) is 0 Å². The summed E-state index contributed by atoms with van der Waals surface area (Å²) in [5.74, 6) is -2.00. The molecule has 0 aliphatic carbocycles. The standard InChI is InChI=1S/C17H15FN2O6/c1-10(16(21)19-13-6-4-12(18)5-7-13)26-17(22)11-3-8-15(25-2)14(9-11)20(23)24/h3-10H,1-2H3,(H,19,21)/t10-/m1/s1. The predicted octanol–water partition coefficient (Wildman–Crippen LogP) is 2.93. The summed E-state index contributed by atoms with van der Waals surface area (Å²) in [6.07, 6.45) is -1.17. The first-order valence-electron chi connectivity index (χ1n) is 7.41. The van der Waals surface area contributed by atoms with Crippen LogP contribution in [-0.2, 0) is 9.53 Å². The van der Waals surface area contributed by atoms with Crippen LogP contribution in [0.2, 0.25) is 0 Å². The molecule has 9 heteroatoms. The molecule has 1 amide bonds. The lowest BCUT2D eigenvalue weighted by molar-refractivity contribution is -0.385.